The largest absolute Gasteiger partial charge is 0.493 e. The Hall–Kier alpha value is -2.93. The second kappa shape index (κ2) is 10.6. The van der Waals surface area contributed by atoms with E-state index in [9.17, 15) is 9.59 Å². The smallest absolute Gasteiger partial charge is 0.293 e. The fraction of sp³-hybridized carbons (Fsp3) is 0.360. The number of thioether (sulfide) groups is 1. The molecule has 0 aliphatic carbocycles. The van der Waals surface area contributed by atoms with E-state index in [2.05, 4.69) is 26.0 Å². The molecule has 2 amide bonds. The van der Waals surface area contributed by atoms with Gasteiger partial charge in [-0.05, 0) is 60.9 Å². The van der Waals surface area contributed by atoms with Gasteiger partial charge in [0.15, 0.2) is 11.5 Å². The van der Waals surface area contributed by atoms with Crippen LogP contribution in [-0.4, -0.2) is 42.9 Å². The zero-order valence-corrected chi connectivity index (χ0v) is 20.0. The first-order valence-corrected chi connectivity index (χ1v) is 11.5. The molecule has 1 aliphatic rings. The first-order valence-electron chi connectivity index (χ1n) is 10.6. The number of para-hydroxylation sites is 1. The summed E-state index contributed by atoms with van der Waals surface area (Å²) in [5.74, 6) is 1.90. The van der Waals surface area contributed by atoms with E-state index < -0.39 is 0 Å². The van der Waals surface area contributed by atoms with Gasteiger partial charge in [-0.15, -0.1) is 0 Å². The summed E-state index contributed by atoms with van der Waals surface area (Å²) in [6.45, 7) is 8.97. The highest BCUT2D eigenvalue weighted by Gasteiger charge is 2.35. The summed E-state index contributed by atoms with van der Waals surface area (Å²) in [5.41, 5.74) is 2.89. The molecule has 170 valence electrons. The highest BCUT2D eigenvalue weighted by molar-refractivity contribution is 8.18. The van der Waals surface area contributed by atoms with E-state index in [0.717, 1.165) is 28.6 Å². The number of rotatable bonds is 9. The number of hydrogen-bond donors (Lipinski definition) is 0. The molecule has 0 N–H and O–H groups in total. The average molecular weight is 456 g/mol. The van der Waals surface area contributed by atoms with Crippen molar-refractivity contribution in [1.29, 1.82) is 0 Å². The Kier molecular flexibility index (Phi) is 7.85. The fourth-order valence-corrected chi connectivity index (χ4v) is 4.29. The summed E-state index contributed by atoms with van der Waals surface area (Å²) in [7, 11) is 1.56. The number of carbonyl (C=O) groups excluding carboxylic acids is 2. The van der Waals surface area contributed by atoms with Crippen molar-refractivity contribution in [3.63, 3.8) is 0 Å². The maximum absolute atomic E-state index is 12.9. The molecule has 0 saturated carbocycles. The second-order valence-corrected chi connectivity index (χ2v) is 8.68. The summed E-state index contributed by atoms with van der Waals surface area (Å²) >= 11 is 0.920. The number of hydrogen-bond acceptors (Lipinski definition) is 6. The fourth-order valence-electron chi connectivity index (χ4n) is 3.43. The molecule has 3 rings (SSSR count). The highest BCUT2D eigenvalue weighted by Crippen LogP contribution is 2.37. The summed E-state index contributed by atoms with van der Waals surface area (Å²) in [4.78, 5) is 27.0. The molecule has 0 spiro atoms. The predicted molar refractivity (Wildman–Crippen MR) is 128 cm³/mol. The Morgan fingerprint density at radius 3 is 2.56 bits per heavy atom. The van der Waals surface area contributed by atoms with E-state index in [0.29, 0.717) is 34.5 Å². The van der Waals surface area contributed by atoms with Crippen LogP contribution >= 0.6 is 11.8 Å². The van der Waals surface area contributed by atoms with Gasteiger partial charge in [-0.2, -0.15) is 0 Å². The lowest BCUT2D eigenvalue weighted by atomic mass is 10.0. The van der Waals surface area contributed by atoms with Gasteiger partial charge in [-0.25, -0.2) is 0 Å². The van der Waals surface area contributed by atoms with Crippen molar-refractivity contribution in [2.45, 2.75) is 33.6 Å². The lowest BCUT2D eigenvalue weighted by Gasteiger charge is -2.17. The maximum Gasteiger partial charge on any atom is 0.293 e. The molecular formula is C25H29NO5S. The van der Waals surface area contributed by atoms with Crippen molar-refractivity contribution in [2.75, 3.05) is 26.9 Å². The SMILES string of the molecule is CCOc1c(/C=C2\SC(=O)N(CCOc3cc(C)ccc3C(C)C)C2=O)cccc1OC. The van der Waals surface area contributed by atoms with Crippen LogP contribution < -0.4 is 14.2 Å². The third kappa shape index (κ3) is 5.27. The van der Waals surface area contributed by atoms with E-state index in [1.807, 2.05) is 32.0 Å². The number of ether oxygens (including phenoxy) is 3. The van der Waals surface area contributed by atoms with Gasteiger partial charge in [0.05, 0.1) is 25.2 Å². The van der Waals surface area contributed by atoms with Crippen molar-refractivity contribution in [2.24, 2.45) is 0 Å². The second-order valence-electron chi connectivity index (χ2n) is 7.69. The summed E-state index contributed by atoms with van der Waals surface area (Å²) in [6, 6.07) is 11.5. The maximum atomic E-state index is 12.9. The number of nitrogens with zero attached hydrogens (tertiary/aromatic N) is 1. The molecule has 1 saturated heterocycles. The lowest BCUT2D eigenvalue weighted by molar-refractivity contribution is -0.123. The van der Waals surface area contributed by atoms with Crippen molar-refractivity contribution in [1.82, 2.24) is 4.90 Å². The Morgan fingerprint density at radius 2 is 1.88 bits per heavy atom. The molecule has 0 aromatic heterocycles. The molecule has 0 atom stereocenters. The van der Waals surface area contributed by atoms with Crippen LogP contribution in [0.25, 0.3) is 6.08 Å². The third-order valence-corrected chi connectivity index (χ3v) is 5.95. The zero-order chi connectivity index (χ0) is 23.3. The van der Waals surface area contributed by atoms with Crippen LogP contribution in [0.3, 0.4) is 0 Å². The number of benzene rings is 2. The van der Waals surface area contributed by atoms with Gasteiger partial charge in [0.2, 0.25) is 0 Å². The highest BCUT2D eigenvalue weighted by atomic mass is 32.2. The Bertz CT molecular complexity index is 1030. The van der Waals surface area contributed by atoms with E-state index in [-0.39, 0.29) is 24.3 Å². The summed E-state index contributed by atoms with van der Waals surface area (Å²) in [5, 5.41) is -0.306. The lowest BCUT2D eigenvalue weighted by Crippen LogP contribution is -2.32. The summed E-state index contributed by atoms with van der Waals surface area (Å²) in [6.07, 6.45) is 1.68. The standard InChI is InChI=1S/C25H29NO5S/c1-6-30-23-18(8-7-9-20(23)29-5)15-22-24(27)26(25(28)32-22)12-13-31-21-14-17(4)10-11-19(21)16(2)3/h7-11,14-16H,6,12-13H2,1-5H3/b22-15-. The molecule has 0 bridgehead atoms. The van der Waals surface area contributed by atoms with E-state index in [1.165, 1.54) is 4.90 Å². The van der Waals surface area contributed by atoms with Crippen LogP contribution in [0.2, 0.25) is 0 Å². The Balaban J connectivity index is 1.73. The number of aryl methyl sites for hydroxylation is 1. The van der Waals surface area contributed by atoms with Gasteiger partial charge < -0.3 is 14.2 Å². The van der Waals surface area contributed by atoms with E-state index >= 15 is 0 Å². The molecule has 6 nitrogen and oxygen atoms in total. The molecule has 32 heavy (non-hydrogen) atoms. The molecule has 1 aliphatic heterocycles. The van der Waals surface area contributed by atoms with Gasteiger partial charge in [0, 0.05) is 5.56 Å². The van der Waals surface area contributed by atoms with Crippen LogP contribution in [0.15, 0.2) is 41.3 Å². The molecule has 0 radical (unpaired) electrons. The average Bonchev–Trinajstić information content (AvgIpc) is 3.02. The van der Waals surface area contributed by atoms with Gasteiger partial charge in [0.1, 0.15) is 12.4 Å². The molecular weight excluding hydrogens is 426 g/mol. The molecule has 2 aromatic carbocycles. The minimum absolute atomic E-state index is 0.184. The van der Waals surface area contributed by atoms with E-state index in [4.69, 9.17) is 14.2 Å². The van der Waals surface area contributed by atoms with Crippen molar-refractivity contribution in [3.8, 4) is 17.2 Å². The van der Waals surface area contributed by atoms with Crippen LogP contribution in [-0.2, 0) is 4.79 Å². The minimum atomic E-state index is -0.331. The monoisotopic (exact) mass is 455 g/mol. The first kappa shape index (κ1) is 23.7. The first-order chi connectivity index (χ1) is 15.3. The van der Waals surface area contributed by atoms with Gasteiger partial charge in [-0.1, -0.05) is 38.1 Å². The Morgan fingerprint density at radius 1 is 1.09 bits per heavy atom. The predicted octanol–water partition coefficient (Wildman–Crippen LogP) is 5.64. The third-order valence-electron chi connectivity index (χ3n) is 5.04. The number of methoxy groups -OCH3 is 1. The summed E-state index contributed by atoms with van der Waals surface area (Å²) < 4.78 is 17.0. The van der Waals surface area contributed by atoms with Gasteiger partial charge in [0.25, 0.3) is 11.1 Å². The number of carbonyl (C=O) groups is 2. The Labute approximate surface area is 193 Å². The topological polar surface area (TPSA) is 65.1 Å². The van der Waals surface area contributed by atoms with Crippen molar-refractivity contribution < 1.29 is 23.8 Å². The molecule has 0 unspecified atom stereocenters. The quantitative estimate of drug-likeness (QED) is 0.456. The molecule has 1 heterocycles. The van der Waals surface area contributed by atoms with Gasteiger partial charge in [-0.3, -0.25) is 14.5 Å². The molecule has 1 fully saturated rings. The van der Waals surface area contributed by atoms with Crippen molar-refractivity contribution in [3.05, 3.63) is 58.0 Å². The zero-order valence-electron chi connectivity index (χ0n) is 19.1. The van der Waals surface area contributed by atoms with Crippen LogP contribution in [0, 0.1) is 6.92 Å². The van der Waals surface area contributed by atoms with Crippen molar-refractivity contribution >= 4 is 29.0 Å². The number of imide groups is 1. The van der Waals surface area contributed by atoms with Crippen LogP contribution in [0.4, 0.5) is 4.79 Å². The molecule has 7 heteroatoms. The minimum Gasteiger partial charge on any atom is -0.493 e. The normalized spacial score (nSPS) is 15.1. The van der Waals surface area contributed by atoms with Crippen LogP contribution in [0.1, 0.15) is 43.4 Å². The van der Waals surface area contributed by atoms with E-state index in [1.54, 1.807) is 19.3 Å². The van der Waals surface area contributed by atoms with Crippen LogP contribution in [0.5, 0.6) is 17.2 Å². The number of amides is 2. The molecule has 2 aromatic rings. The van der Waals surface area contributed by atoms with Gasteiger partial charge >= 0.3 is 0 Å².